The molecule has 1 aromatic rings. The molecular weight excluding hydrogens is 254 g/mol. The number of rotatable bonds is 6. The fourth-order valence-corrected chi connectivity index (χ4v) is 1.68. The molecule has 0 aliphatic rings. The smallest absolute Gasteiger partial charge is 0.255 e. The lowest BCUT2D eigenvalue weighted by atomic mass is 10.1. The SMILES string of the molecule is CCCc1cc(C(=O)N(C)CC(F)F)cc(NN)n1. The number of nitrogens with zero attached hydrogens (tertiary/aromatic N) is 2. The summed E-state index contributed by atoms with van der Waals surface area (Å²) >= 11 is 0. The van der Waals surface area contributed by atoms with Gasteiger partial charge in [0.1, 0.15) is 5.82 Å². The van der Waals surface area contributed by atoms with E-state index in [2.05, 4.69) is 10.4 Å². The summed E-state index contributed by atoms with van der Waals surface area (Å²) in [5.74, 6) is 5.15. The topological polar surface area (TPSA) is 71.2 Å². The molecule has 0 aliphatic heterocycles. The molecule has 0 aliphatic carbocycles. The van der Waals surface area contributed by atoms with Gasteiger partial charge >= 0.3 is 0 Å². The number of hydrogen-bond acceptors (Lipinski definition) is 4. The van der Waals surface area contributed by atoms with Gasteiger partial charge in [0.25, 0.3) is 12.3 Å². The number of hydrogen-bond donors (Lipinski definition) is 2. The third kappa shape index (κ3) is 4.44. The van der Waals surface area contributed by atoms with Crippen molar-refractivity contribution in [1.82, 2.24) is 9.88 Å². The lowest BCUT2D eigenvalue weighted by Crippen LogP contribution is -2.31. The fraction of sp³-hybridized carbons (Fsp3) is 0.500. The van der Waals surface area contributed by atoms with Crippen LogP contribution in [0.15, 0.2) is 12.1 Å². The zero-order valence-corrected chi connectivity index (χ0v) is 11.0. The lowest BCUT2D eigenvalue weighted by Gasteiger charge is -2.17. The molecule has 0 spiro atoms. The van der Waals surface area contributed by atoms with E-state index in [1.54, 1.807) is 6.07 Å². The third-order valence-corrected chi connectivity index (χ3v) is 2.54. The summed E-state index contributed by atoms with van der Waals surface area (Å²) in [6.07, 6.45) is -1.01. The molecule has 0 saturated carbocycles. The maximum Gasteiger partial charge on any atom is 0.255 e. The summed E-state index contributed by atoms with van der Waals surface area (Å²) in [6.45, 7) is 1.38. The normalized spacial score (nSPS) is 10.6. The fourth-order valence-electron chi connectivity index (χ4n) is 1.68. The number of aryl methyl sites for hydroxylation is 1. The Labute approximate surface area is 110 Å². The minimum atomic E-state index is -2.56. The van der Waals surface area contributed by atoms with E-state index in [1.165, 1.54) is 13.1 Å². The molecule has 0 aromatic carbocycles. The standard InChI is InChI=1S/C12H18F2N4O/c1-3-4-9-5-8(6-11(16-9)17-15)12(19)18(2)7-10(13)14/h5-6,10H,3-4,7,15H2,1-2H3,(H,16,17). The molecule has 7 heteroatoms. The molecular formula is C12H18F2N4O. The Morgan fingerprint density at radius 3 is 2.74 bits per heavy atom. The summed E-state index contributed by atoms with van der Waals surface area (Å²) in [5, 5.41) is 0. The van der Waals surface area contributed by atoms with E-state index >= 15 is 0 Å². The molecule has 5 nitrogen and oxygen atoms in total. The highest BCUT2D eigenvalue weighted by atomic mass is 19.3. The summed E-state index contributed by atoms with van der Waals surface area (Å²) in [5.41, 5.74) is 3.37. The maximum atomic E-state index is 12.3. The van der Waals surface area contributed by atoms with Crippen LogP contribution in [0.5, 0.6) is 0 Å². The Bertz CT molecular complexity index is 440. The van der Waals surface area contributed by atoms with Crippen molar-refractivity contribution in [3.05, 3.63) is 23.4 Å². The van der Waals surface area contributed by atoms with Gasteiger partial charge in [-0.3, -0.25) is 4.79 Å². The first kappa shape index (κ1) is 15.3. The number of nitrogens with two attached hydrogens (primary N) is 1. The van der Waals surface area contributed by atoms with E-state index in [0.29, 0.717) is 23.5 Å². The molecule has 0 atom stereocenters. The van der Waals surface area contributed by atoms with E-state index in [0.717, 1.165) is 11.3 Å². The van der Waals surface area contributed by atoms with Gasteiger partial charge < -0.3 is 10.3 Å². The van der Waals surface area contributed by atoms with Crippen LogP contribution in [0.1, 0.15) is 29.4 Å². The number of alkyl halides is 2. The number of anilines is 1. The van der Waals surface area contributed by atoms with Gasteiger partial charge in [0.05, 0.1) is 6.54 Å². The lowest BCUT2D eigenvalue weighted by molar-refractivity contribution is 0.0620. The van der Waals surface area contributed by atoms with Gasteiger partial charge in [-0.15, -0.1) is 0 Å². The number of nitrogen functional groups attached to an aromatic ring is 1. The number of amides is 1. The number of pyridine rings is 1. The molecule has 0 bridgehead atoms. The largest absolute Gasteiger partial charge is 0.336 e. The molecule has 1 rings (SSSR count). The number of nitrogens with one attached hydrogen (secondary N) is 1. The second-order valence-electron chi connectivity index (χ2n) is 4.20. The van der Waals surface area contributed by atoms with Gasteiger partial charge in [-0.05, 0) is 18.6 Å². The van der Waals surface area contributed by atoms with E-state index < -0.39 is 18.9 Å². The summed E-state index contributed by atoms with van der Waals surface area (Å²) < 4.78 is 24.5. The minimum Gasteiger partial charge on any atom is -0.336 e. The first-order chi connectivity index (χ1) is 8.97. The van der Waals surface area contributed by atoms with Crippen molar-refractivity contribution in [2.75, 3.05) is 19.0 Å². The number of aromatic nitrogens is 1. The van der Waals surface area contributed by atoms with Crippen LogP contribution in [0.4, 0.5) is 14.6 Å². The molecule has 0 fully saturated rings. The van der Waals surface area contributed by atoms with Crippen molar-refractivity contribution in [2.45, 2.75) is 26.2 Å². The number of carbonyl (C=O) groups is 1. The molecule has 1 amide bonds. The first-order valence-electron chi connectivity index (χ1n) is 5.99. The number of hydrazine groups is 1. The van der Waals surface area contributed by atoms with E-state index in [1.807, 2.05) is 6.92 Å². The van der Waals surface area contributed by atoms with Crippen molar-refractivity contribution in [1.29, 1.82) is 0 Å². The van der Waals surface area contributed by atoms with Crippen LogP contribution >= 0.6 is 0 Å². The average molecular weight is 272 g/mol. The second-order valence-corrected chi connectivity index (χ2v) is 4.20. The minimum absolute atomic E-state index is 0.301. The Morgan fingerprint density at radius 1 is 1.53 bits per heavy atom. The highest BCUT2D eigenvalue weighted by molar-refractivity contribution is 5.94. The van der Waals surface area contributed by atoms with Crippen molar-refractivity contribution < 1.29 is 13.6 Å². The molecule has 0 unspecified atom stereocenters. The van der Waals surface area contributed by atoms with Crippen LogP contribution in [-0.4, -0.2) is 35.8 Å². The second kappa shape index (κ2) is 6.98. The van der Waals surface area contributed by atoms with Crippen LogP contribution in [-0.2, 0) is 6.42 Å². The maximum absolute atomic E-state index is 12.3. The van der Waals surface area contributed by atoms with E-state index in [-0.39, 0.29) is 0 Å². The third-order valence-electron chi connectivity index (χ3n) is 2.54. The van der Waals surface area contributed by atoms with Crippen LogP contribution in [0.3, 0.4) is 0 Å². The monoisotopic (exact) mass is 272 g/mol. The van der Waals surface area contributed by atoms with Crippen LogP contribution < -0.4 is 11.3 Å². The zero-order chi connectivity index (χ0) is 14.4. The Balaban J connectivity index is 2.97. The molecule has 3 N–H and O–H groups in total. The zero-order valence-electron chi connectivity index (χ0n) is 11.0. The summed E-state index contributed by atoms with van der Waals surface area (Å²) in [4.78, 5) is 17.2. The van der Waals surface area contributed by atoms with Crippen molar-refractivity contribution >= 4 is 11.7 Å². The Hall–Kier alpha value is -1.76. The van der Waals surface area contributed by atoms with Gasteiger partial charge in [-0.25, -0.2) is 19.6 Å². The summed E-state index contributed by atoms with van der Waals surface area (Å²) in [6, 6.07) is 3.05. The molecule has 1 heterocycles. The average Bonchev–Trinajstić information content (AvgIpc) is 2.37. The molecule has 19 heavy (non-hydrogen) atoms. The van der Waals surface area contributed by atoms with Gasteiger partial charge in [-0.1, -0.05) is 13.3 Å². The summed E-state index contributed by atoms with van der Waals surface area (Å²) in [7, 11) is 1.34. The quantitative estimate of drug-likeness (QED) is 0.610. The highest BCUT2D eigenvalue weighted by Gasteiger charge is 2.17. The van der Waals surface area contributed by atoms with Crippen molar-refractivity contribution in [3.63, 3.8) is 0 Å². The van der Waals surface area contributed by atoms with Gasteiger partial charge in [-0.2, -0.15) is 0 Å². The van der Waals surface area contributed by atoms with Crippen LogP contribution in [0, 0.1) is 0 Å². The predicted octanol–water partition coefficient (Wildman–Crippen LogP) is 1.66. The molecule has 1 aromatic heterocycles. The van der Waals surface area contributed by atoms with Gasteiger partial charge in [0, 0.05) is 18.3 Å². The highest BCUT2D eigenvalue weighted by Crippen LogP contribution is 2.13. The predicted molar refractivity (Wildman–Crippen MR) is 69.0 cm³/mol. The van der Waals surface area contributed by atoms with Crippen molar-refractivity contribution in [3.8, 4) is 0 Å². The van der Waals surface area contributed by atoms with Crippen molar-refractivity contribution in [2.24, 2.45) is 5.84 Å². The van der Waals surface area contributed by atoms with Gasteiger partial charge in [0.15, 0.2) is 0 Å². The molecule has 0 radical (unpaired) electrons. The van der Waals surface area contributed by atoms with Gasteiger partial charge in [0.2, 0.25) is 0 Å². The van der Waals surface area contributed by atoms with E-state index in [4.69, 9.17) is 5.84 Å². The molecule has 106 valence electrons. The number of carbonyl (C=O) groups excluding carboxylic acids is 1. The molecule has 0 saturated heterocycles. The van der Waals surface area contributed by atoms with Crippen LogP contribution in [0.2, 0.25) is 0 Å². The Morgan fingerprint density at radius 2 is 2.21 bits per heavy atom. The Kier molecular flexibility index (Phi) is 5.62. The van der Waals surface area contributed by atoms with Crippen LogP contribution in [0.25, 0.3) is 0 Å². The first-order valence-corrected chi connectivity index (χ1v) is 5.99. The van der Waals surface area contributed by atoms with E-state index in [9.17, 15) is 13.6 Å². The number of halogens is 2.